The summed E-state index contributed by atoms with van der Waals surface area (Å²) in [6.07, 6.45) is 1.84. The fourth-order valence-electron chi connectivity index (χ4n) is 4.03. The smallest absolute Gasteiger partial charge is 0.256 e. The topological polar surface area (TPSA) is 77.2 Å². The van der Waals surface area contributed by atoms with Crippen molar-refractivity contribution in [2.24, 2.45) is 0 Å². The fraction of sp³-hybridized carbons (Fsp3) is 0.231. The summed E-state index contributed by atoms with van der Waals surface area (Å²) in [5.41, 5.74) is 7.41. The Morgan fingerprint density at radius 2 is 1.81 bits per heavy atom. The molecule has 0 spiro atoms. The van der Waals surface area contributed by atoms with Crippen LogP contribution in [0.5, 0.6) is 0 Å². The minimum Gasteiger partial charge on any atom is -0.358 e. The number of aromatic nitrogens is 1. The van der Waals surface area contributed by atoms with Gasteiger partial charge in [-0.25, -0.2) is 0 Å². The van der Waals surface area contributed by atoms with Crippen molar-refractivity contribution >= 4 is 29.2 Å². The molecular formula is C26H28N4O2. The maximum atomic E-state index is 12.7. The van der Waals surface area contributed by atoms with Crippen LogP contribution >= 0.6 is 0 Å². The largest absolute Gasteiger partial charge is 0.358 e. The molecule has 0 aliphatic carbocycles. The van der Waals surface area contributed by atoms with Gasteiger partial charge in [0.25, 0.3) is 11.8 Å². The fourth-order valence-corrected chi connectivity index (χ4v) is 4.03. The van der Waals surface area contributed by atoms with E-state index in [0.717, 1.165) is 45.9 Å². The molecule has 0 saturated carbocycles. The van der Waals surface area contributed by atoms with E-state index in [1.807, 2.05) is 87.4 Å². The molecular weight excluding hydrogens is 400 g/mol. The number of aromatic amines is 1. The van der Waals surface area contributed by atoms with Gasteiger partial charge in [-0.15, -0.1) is 0 Å². The molecule has 2 amide bonds. The van der Waals surface area contributed by atoms with E-state index in [9.17, 15) is 9.59 Å². The number of hydrogen-bond donors (Lipinski definition) is 3. The van der Waals surface area contributed by atoms with E-state index >= 15 is 0 Å². The summed E-state index contributed by atoms with van der Waals surface area (Å²) in [6.45, 7) is 5.13. The lowest BCUT2D eigenvalue weighted by atomic mass is 9.99. The lowest BCUT2D eigenvalue weighted by Crippen LogP contribution is -2.31. The highest BCUT2D eigenvalue weighted by Gasteiger charge is 2.26. The zero-order chi connectivity index (χ0) is 22.8. The number of carbonyl (C=O) groups is 2. The van der Waals surface area contributed by atoms with E-state index in [4.69, 9.17) is 0 Å². The number of nitrogens with zero attached hydrogens (tertiary/aromatic N) is 1. The average Bonchev–Trinajstić information content (AvgIpc) is 3.23. The number of rotatable bonds is 6. The van der Waals surface area contributed by atoms with Crippen LogP contribution in [-0.4, -0.2) is 48.9 Å². The third-order valence-electron chi connectivity index (χ3n) is 5.75. The van der Waals surface area contributed by atoms with E-state index < -0.39 is 0 Å². The Kier molecular flexibility index (Phi) is 5.97. The van der Waals surface area contributed by atoms with Crippen LogP contribution in [0.3, 0.4) is 0 Å². The number of anilines is 1. The summed E-state index contributed by atoms with van der Waals surface area (Å²) in [6, 6.07) is 16.1. The van der Waals surface area contributed by atoms with Crippen molar-refractivity contribution in [2.45, 2.75) is 13.8 Å². The van der Waals surface area contributed by atoms with Crippen LogP contribution in [0.2, 0.25) is 0 Å². The summed E-state index contributed by atoms with van der Waals surface area (Å²) in [5, 5.41) is 5.94. The Morgan fingerprint density at radius 3 is 2.53 bits per heavy atom. The molecule has 1 aliphatic heterocycles. The molecule has 3 aromatic rings. The second-order valence-electron chi connectivity index (χ2n) is 8.36. The van der Waals surface area contributed by atoms with E-state index in [1.54, 1.807) is 0 Å². The lowest BCUT2D eigenvalue weighted by Gasteiger charge is -2.10. The summed E-state index contributed by atoms with van der Waals surface area (Å²) in [5.74, 6) is -0.250. The SMILES string of the molecule is Cc1[nH]c(C=C2C(=O)Nc3cc(-c4ccccc4)ccc32)c(C)c1C(=O)NCCN(C)C. The summed E-state index contributed by atoms with van der Waals surface area (Å²) in [4.78, 5) is 30.8. The molecule has 0 unspecified atom stereocenters. The quantitative estimate of drug-likeness (QED) is 0.518. The Labute approximate surface area is 188 Å². The van der Waals surface area contributed by atoms with Crippen molar-refractivity contribution in [2.75, 3.05) is 32.5 Å². The summed E-state index contributed by atoms with van der Waals surface area (Å²) in [7, 11) is 3.94. The minimum absolute atomic E-state index is 0.105. The van der Waals surface area contributed by atoms with Gasteiger partial charge in [-0.1, -0.05) is 42.5 Å². The van der Waals surface area contributed by atoms with Crippen molar-refractivity contribution in [3.63, 3.8) is 0 Å². The standard InChI is InChI=1S/C26H28N4O2/c1-16-22(28-17(2)24(16)26(32)27-12-13-30(3)4)15-21-20-11-10-19(14-23(20)29-25(21)31)18-8-6-5-7-9-18/h5-11,14-15,28H,12-13H2,1-4H3,(H,27,32)(H,29,31). The van der Waals surface area contributed by atoms with Crippen LogP contribution in [0.1, 0.15) is 32.9 Å². The van der Waals surface area contributed by atoms with Gasteiger partial charge < -0.3 is 20.5 Å². The van der Waals surface area contributed by atoms with Crippen LogP contribution in [0, 0.1) is 13.8 Å². The van der Waals surface area contributed by atoms with Crippen LogP contribution < -0.4 is 10.6 Å². The number of benzene rings is 2. The highest BCUT2D eigenvalue weighted by molar-refractivity contribution is 6.35. The highest BCUT2D eigenvalue weighted by Crippen LogP contribution is 2.36. The maximum Gasteiger partial charge on any atom is 0.256 e. The maximum absolute atomic E-state index is 12.7. The molecule has 0 saturated heterocycles. The predicted molar refractivity (Wildman–Crippen MR) is 130 cm³/mol. The van der Waals surface area contributed by atoms with Gasteiger partial charge in [-0.05, 0) is 56.8 Å². The first-order valence-corrected chi connectivity index (χ1v) is 10.7. The van der Waals surface area contributed by atoms with Gasteiger partial charge in [0.15, 0.2) is 0 Å². The number of H-pyrrole nitrogens is 1. The molecule has 6 heteroatoms. The second kappa shape index (κ2) is 8.85. The van der Waals surface area contributed by atoms with Crippen LogP contribution in [-0.2, 0) is 4.79 Å². The van der Waals surface area contributed by atoms with E-state index in [2.05, 4.69) is 15.6 Å². The third-order valence-corrected chi connectivity index (χ3v) is 5.75. The molecule has 0 bridgehead atoms. The molecule has 32 heavy (non-hydrogen) atoms. The van der Waals surface area contributed by atoms with Crippen LogP contribution in [0.4, 0.5) is 5.69 Å². The number of nitrogens with one attached hydrogen (secondary N) is 3. The van der Waals surface area contributed by atoms with E-state index in [1.165, 1.54) is 0 Å². The Bertz CT molecular complexity index is 1210. The van der Waals surface area contributed by atoms with E-state index in [0.29, 0.717) is 17.7 Å². The van der Waals surface area contributed by atoms with Gasteiger partial charge >= 0.3 is 0 Å². The Morgan fingerprint density at radius 1 is 1.06 bits per heavy atom. The molecule has 0 atom stereocenters. The van der Waals surface area contributed by atoms with Crippen molar-refractivity contribution in [3.8, 4) is 11.1 Å². The van der Waals surface area contributed by atoms with Gasteiger partial charge in [0.05, 0.1) is 11.1 Å². The molecule has 3 N–H and O–H groups in total. The van der Waals surface area contributed by atoms with Crippen LogP contribution in [0.25, 0.3) is 22.8 Å². The second-order valence-corrected chi connectivity index (χ2v) is 8.36. The first kappa shape index (κ1) is 21.6. The van der Waals surface area contributed by atoms with Crippen molar-refractivity contribution in [3.05, 3.63) is 76.6 Å². The van der Waals surface area contributed by atoms with Gasteiger partial charge in [0.2, 0.25) is 0 Å². The Hall–Kier alpha value is -3.64. The van der Waals surface area contributed by atoms with Gasteiger partial charge in [0, 0.05) is 35.7 Å². The monoisotopic (exact) mass is 428 g/mol. The van der Waals surface area contributed by atoms with Gasteiger partial charge in [0.1, 0.15) is 0 Å². The van der Waals surface area contributed by atoms with Crippen molar-refractivity contribution in [1.29, 1.82) is 0 Å². The average molecular weight is 429 g/mol. The Balaban J connectivity index is 1.63. The number of aryl methyl sites for hydroxylation is 1. The minimum atomic E-state index is -0.145. The van der Waals surface area contributed by atoms with Crippen molar-refractivity contribution < 1.29 is 9.59 Å². The zero-order valence-electron chi connectivity index (χ0n) is 18.9. The predicted octanol–water partition coefficient (Wildman–Crippen LogP) is 4.08. The van der Waals surface area contributed by atoms with E-state index in [-0.39, 0.29) is 11.8 Å². The molecule has 6 nitrogen and oxygen atoms in total. The summed E-state index contributed by atoms with van der Waals surface area (Å²) < 4.78 is 0. The van der Waals surface area contributed by atoms with Gasteiger partial charge in [-0.3, -0.25) is 9.59 Å². The number of hydrogen-bond acceptors (Lipinski definition) is 3. The van der Waals surface area contributed by atoms with Crippen molar-refractivity contribution in [1.82, 2.24) is 15.2 Å². The molecule has 2 aromatic carbocycles. The number of fused-ring (bicyclic) bond motifs is 1. The summed E-state index contributed by atoms with van der Waals surface area (Å²) >= 11 is 0. The number of likely N-dealkylation sites (N-methyl/N-ethyl adjacent to an activating group) is 1. The molecule has 0 radical (unpaired) electrons. The molecule has 1 aromatic heterocycles. The zero-order valence-corrected chi connectivity index (χ0v) is 18.9. The first-order valence-electron chi connectivity index (χ1n) is 10.7. The third kappa shape index (κ3) is 4.22. The normalized spacial score (nSPS) is 14.0. The molecule has 164 valence electrons. The highest BCUT2D eigenvalue weighted by atomic mass is 16.2. The van der Waals surface area contributed by atoms with Crippen LogP contribution in [0.15, 0.2) is 48.5 Å². The molecule has 1 aliphatic rings. The lowest BCUT2D eigenvalue weighted by molar-refractivity contribution is -0.110. The molecule has 0 fully saturated rings. The molecule has 4 rings (SSSR count). The van der Waals surface area contributed by atoms with Gasteiger partial charge in [-0.2, -0.15) is 0 Å². The number of amides is 2. The number of carbonyl (C=O) groups excluding carboxylic acids is 2. The molecule has 2 heterocycles. The first-order chi connectivity index (χ1) is 15.3.